The molecule has 1 amide bonds. The molecule has 0 spiro atoms. The number of hydrogen-bond acceptors (Lipinski definition) is 4. The Labute approximate surface area is 134 Å². The molecule has 3 aromatic rings. The molecule has 5 heteroatoms. The van der Waals surface area contributed by atoms with Crippen LogP contribution in [0, 0.1) is 6.92 Å². The van der Waals surface area contributed by atoms with Gasteiger partial charge in [-0.1, -0.05) is 12.1 Å². The minimum Gasteiger partial charge on any atom is -0.467 e. The number of nitrogens with one attached hydrogen (secondary N) is 2. The van der Waals surface area contributed by atoms with E-state index in [1.54, 1.807) is 24.7 Å². The molecule has 0 aliphatic carbocycles. The van der Waals surface area contributed by atoms with Gasteiger partial charge in [0.05, 0.1) is 24.1 Å². The zero-order chi connectivity index (χ0) is 16.1. The topological polar surface area (TPSA) is 67.2 Å². The lowest BCUT2D eigenvalue weighted by Gasteiger charge is -2.08. The fourth-order valence-electron chi connectivity index (χ4n) is 2.19. The monoisotopic (exact) mass is 307 g/mol. The van der Waals surface area contributed by atoms with Crippen molar-refractivity contribution in [2.75, 3.05) is 10.6 Å². The molecule has 2 N–H and O–H groups in total. The van der Waals surface area contributed by atoms with E-state index in [1.165, 1.54) is 0 Å². The molecule has 0 aliphatic rings. The molecule has 5 nitrogen and oxygen atoms in total. The summed E-state index contributed by atoms with van der Waals surface area (Å²) in [5.74, 6) is 0.629. The standard InChI is InChI=1S/C18H17N3O2/c1-13-4-2-5-15(8-13)21-18(22)14-9-16(11-19-10-14)20-12-17-6-3-7-23-17/h2-11,20H,12H2,1H3,(H,21,22). The normalized spacial score (nSPS) is 10.3. The van der Waals surface area contributed by atoms with Gasteiger partial charge in [-0.25, -0.2) is 0 Å². The van der Waals surface area contributed by atoms with Gasteiger partial charge in [-0.2, -0.15) is 0 Å². The third-order valence-electron chi connectivity index (χ3n) is 3.32. The van der Waals surface area contributed by atoms with Crippen LogP contribution in [-0.2, 0) is 6.54 Å². The Bertz CT molecular complexity index is 798. The lowest BCUT2D eigenvalue weighted by molar-refractivity contribution is 0.102. The summed E-state index contributed by atoms with van der Waals surface area (Å²) in [6, 6.07) is 13.2. The molecule has 0 radical (unpaired) electrons. The first-order valence-corrected chi connectivity index (χ1v) is 7.30. The van der Waals surface area contributed by atoms with Crippen molar-refractivity contribution in [2.45, 2.75) is 13.5 Å². The van der Waals surface area contributed by atoms with Crippen molar-refractivity contribution < 1.29 is 9.21 Å². The summed E-state index contributed by atoms with van der Waals surface area (Å²) in [5, 5.41) is 6.05. The molecular formula is C18H17N3O2. The third-order valence-corrected chi connectivity index (χ3v) is 3.32. The molecule has 0 aliphatic heterocycles. The molecule has 0 bridgehead atoms. The van der Waals surface area contributed by atoms with E-state index >= 15 is 0 Å². The average molecular weight is 307 g/mol. The van der Waals surface area contributed by atoms with Crippen LogP contribution in [0.15, 0.2) is 65.5 Å². The van der Waals surface area contributed by atoms with Gasteiger partial charge in [0.15, 0.2) is 0 Å². The van der Waals surface area contributed by atoms with Gasteiger partial charge in [0.2, 0.25) is 0 Å². The quantitative estimate of drug-likeness (QED) is 0.751. The molecule has 1 aromatic carbocycles. The van der Waals surface area contributed by atoms with Crippen LogP contribution >= 0.6 is 0 Å². The molecule has 3 rings (SSSR count). The molecular weight excluding hydrogens is 290 g/mol. The Morgan fingerprint density at radius 3 is 2.83 bits per heavy atom. The average Bonchev–Trinajstić information content (AvgIpc) is 3.07. The SMILES string of the molecule is Cc1cccc(NC(=O)c2cncc(NCc3ccco3)c2)c1. The van der Waals surface area contributed by atoms with Crippen LogP contribution in [0.2, 0.25) is 0 Å². The van der Waals surface area contributed by atoms with Gasteiger partial charge >= 0.3 is 0 Å². The van der Waals surface area contributed by atoms with Gasteiger partial charge in [0.1, 0.15) is 5.76 Å². The lowest BCUT2D eigenvalue weighted by atomic mass is 10.2. The number of amides is 1. The number of pyridine rings is 1. The number of aromatic nitrogens is 1. The van der Waals surface area contributed by atoms with Gasteiger partial charge in [-0.15, -0.1) is 0 Å². The third kappa shape index (κ3) is 3.97. The highest BCUT2D eigenvalue weighted by Crippen LogP contribution is 2.14. The molecule has 23 heavy (non-hydrogen) atoms. The van der Waals surface area contributed by atoms with E-state index in [2.05, 4.69) is 15.6 Å². The Morgan fingerprint density at radius 1 is 1.13 bits per heavy atom. The van der Waals surface area contributed by atoms with Crippen molar-refractivity contribution in [3.63, 3.8) is 0 Å². The van der Waals surface area contributed by atoms with Crippen molar-refractivity contribution in [2.24, 2.45) is 0 Å². The Kier molecular flexibility index (Phi) is 4.38. The number of furan rings is 1. The van der Waals surface area contributed by atoms with E-state index in [4.69, 9.17) is 4.42 Å². The smallest absolute Gasteiger partial charge is 0.257 e. The van der Waals surface area contributed by atoms with Crippen molar-refractivity contribution in [3.05, 3.63) is 78.0 Å². The minimum absolute atomic E-state index is 0.190. The summed E-state index contributed by atoms with van der Waals surface area (Å²) in [6.45, 7) is 2.52. The van der Waals surface area contributed by atoms with Crippen LogP contribution in [0.5, 0.6) is 0 Å². The lowest BCUT2D eigenvalue weighted by Crippen LogP contribution is -2.12. The Morgan fingerprint density at radius 2 is 2.04 bits per heavy atom. The first-order chi connectivity index (χ1) is 11.2. The summed E-state index contributed by atoms with van der Waals surface area (Å²) < 4.78 is 5.26. The fraction of sp³-hybridized carbons (Fsp3) is 0.111. The molecule has 116 valence electrons. The zero-order valence-corrected chi connectivity index (χ0v) is 12.7. The number of anilines is 2. The molecule has 0 unspecified atom stereocenters. The largest absolute Gasteiger partial charge is 0.467 e. The predicted octanol–water partition coefficient (Wildman–Crippen LogP) is 3.85. The number of carbonyl (C=O) groups is 1. The maximum atomic E-state index is 12.3. The molecule has 0 saturated heterocycles. The second kappa shape index (κ2) is 6.79. The van der Waals surface area contributed by atoms with Crippen LogP contribution in [0.3, 0.4) is 0 Å². The Hall–Kier alpha value is -3.08. The Balaban J connectivity index is 1.67. The van der Waals surface area contributed by atoms with E-state index in [0.717, 1.165) is 22.7 Å². The van der Waals surface area contributed by atoms with Crippen molar-refractivity contribution in [1.29, 1.82) is 0 Å². The molecule has 2 aromatic heterocycles. The zero-order valence-electron chi connectivity index (χ0n) is 12.7. The second-order valence-corrected chi connectivity index (χ2v) is 5.22. The number of hydrogen-bond donors (Lipinski definition) is 2. The molecule has 0 fully saturated rings. The highest BCUT2D eigenvalue weighted by atomic mass is 16.3. The highest BCUT2D eigenvalue weighted by molar-refractivity contribution is 6.04. The number of aryl methyl sites for hydroxylation is 1. The van der Waals surface area contributed by atoms with Gasteiger partial charge in [-0.05, 0) is 42.8 Å². The number of carbonyl (C=O) groups excluding carboxylic acids is 1. The van der Waals surface area contributed by atoms with E-state index in [1.807, 2.05) is 43.3 Å². The van der Waals surface area contributed by atoms with Crippen molar-refractivity contribution >= 4 is 17.3 Å². The van der Waals surface area contributed by atoms with Crippen LogP contribution in [0.1, 0.15) is 21.7 Å². The summed E-state index contributed by atoms with van der Waals surface area (Å²) in [6.07, 6.45) is 4.84. The summed E-state index contributed by atoms with van der Waals surface area (Å²) in [4.78, 5) is 16.4. The van der Waals surface area contributed by atoms with Gasteiger partial charge in [0, 0.05) is 18.1 Å². The fourth-order valence-corrected chi connectivity index (χ4v) is 2.19. The van der Waals surface area contributed by atoms with Gasteiger partial charge in [-0.3, -0.25) is 9.78 Å². The van der Waals surface area contributed by atoms with E-state index in [9.17, 15) is 4.79 Å². The molecule has 0 saturated carbocycles. The molecule has 0 atom stereocenters. The molecule has 2 heterocycles. The number of rotatable bonds is 5. The minimum atomic E-state index is -0.190. The van der Waals surface area contributed by atoms with E-state index < -0.39 is 0 Å². The highest BCUT2D eigenvalue weighted by Gasteiger charge is 2.08. The first-order valence-electron chi connectivity index (χ1n) is 7.30. The van der Waals surface area contributed by atoms with Crippen molar-refractivity contribution in [1.82, 2.24) is 4.98 Å². The summed E-state index contributed by atoms with van der Waals surface area (Å²) >= 11 is 0. The maximum Gasteiger partial charge on any atom is 0.257 e. The predicted molar refractivity (Wildman–Crippen MR) is 89.4 cm³/mol. The first kappa shape index (κ1) is 14.8. The second-order valence-electron chi connectivity index (χ2n) is 5.22. The van der Waals surface area contributed by atoms with Crippen molar-refractivity contribution in [3.8, 4) is 0 Å². The van der Waals surface area contributed by atoms with Crippen LogP contribution < -0.4 is 10.6 Å². The summed E-state index contributed by atoms with van der Waals surface area (Å²) in [5.41, 5.74) is 3.12. The van der Waals surface area contributed by atoms with Crippen LogP contribution in [0.25, 0.3) is 0 Å². The van der Waals surface area contributed by atoms with Gasteiger partial charge in [0.25, 0.3) is 5.91 Å². The van der Waals surface area contributed by atoms with E-state index in [0.29, 0.717) is 12.1 Å². The van der Waals surface area contributed by atoms with Crippen LogP contribution in [-0.4, -0.2) is 10.9 Å². The van der Waals surface area contributed by atoms with Gasteiger partial charge < -0.3 is 15.1 Å². The van der Waals surface area contributed by atoms with Crippen LogP contribution in [0.4, 0.5) is 11.4 Å². The summed E-state index contributed by atoms with van der Waals surface area (Å²) in [7, 11) is 0. The number of nitrogens with zero attached hydrogens (tertiary/aromatic N) is 1. The van der Waals surface area contributed by atoms with E-state index in [-0.39, 0.29) is 5.91 Å². The number of benzene rings is 1. The maximum absolute atomic E-state index is 12.3.